The molecule has 3 rings (SSSR count). The summed E-state index contributed by atoms with van der Waals surface area (Å²) in [5, 5.41) is 0. The van der Waals surface area contributed by atoms with Crippen molar-refractivity contribution in [3.8, 4) is 0 Å². The molecule has 0 aliphatic carbocycles. The zero-order valence-electron chi connectivity index (χ0n) is 15.5. The molecule has 0 bridgehead atoms. The highest BCUT2D eigenvalue weighted by molar-refractivity contribution is 6.35. The van der Waals surface area contributed by atoms with Crippen LogP contribution >= 0.6 is 0 Å². The molecule has 2 aromatic rings. The first-order chi connectivity index (χ1) is 13.1. The topological polar surface area (TPSA) is 53.5 Å². The Morgan fingerprint density at radius 3 is 2.26 bits per heavy atom. The summed E-state index contributed by atoms with van der Waals surface area (Å²) in [6.07, 6.45) is 4.19. The highest BCUT2D eigenvalue weighted by Gasteiger charge is 2.40. The molecular weight excluding hydrogens is 345 g/mol. The molecule has 2 heterocycles. The van der Waals surface area contributed by atoms with E-state index in [4.69, 9.17) is 0 Å². The first-order valence-electron chi connectivity index (χ1n) is 9.07. The number of rotatable bonds is 7. The largest absolute Gasteiger partial charge is 0.366 e. The lowest BCUT2D eigenvalue weighted by Gasteiger charge is -2.24. The number of likely N-dealkylation sites (N-methyl/N-ethyl adjacent to an activating group) is 2. The molecule has 0 atom stereocenters. The van der Waals surface area contributed by atoms with E-state index < -0.39 is 0 Å². The molecular formula is C21H22FN3O2. The van der Waals surface area contributed by atoms with Gasteiger partial charge in [0.25, 0.3) is 11.8 Å². The van der Waals surface area contributed by atoms with Crippen molar-refractivity contribution in [1.82, 2.24) is 14.8 Å². The Balaban J connectivity index is 1.98. The van der Waals surface area contributed by atoms with Gasteiger partial charge >= 0.3 is 0 Å². The van der Waals surface area contributed by atoms with Gasteiger partial charge in [0.15, 0.2) is 0 Å². The zero-order valence-corrected chi connectivity index (χ0v) is 15.5. The molecule has 0 radical (unpaired) electrons. The molecule has 1 aromatic carbocycles. The molecule has 1 aliphatic heterocycles. The average molecular weight is 367 g/mol. The molecule has 2 amide bonds. The summed E-state index contributed by atoms with van der Waals surface area (Å²) in [6, 6.07) is 9.57. The maximum absolute atomic E-state index is 13.3. The third kappa shape index (κ3) is 3.74. The highest BCUT2D eigenvalue weighted by atomic mass is 19.1. The molecule has 1 aliphatic rings. The third-order valence-corrected chi connectivity index (χ3v) is 4.71. The highest BCUT2D eigenvalue weighted by Crippen LogP contribution is 2.31. The van der Waals surface area contributed by atoms with Crippen LogP contribution in [-0.4, -0.2) is 46.2 Å². The van der Waals surface area contributed by atoms with Gasteiger partial charge < -0.3 is 4.90 Å². The second kappa shape index (κ2) is 8.12. The first-order valence-corrected chi connectivity index (χ1v) is 9.07. The number of benzene rings is 1. The SMILES string of the molecule is CCN(CCc1ccncc1)C1=C(c2ccc(F)cc2)C(=O)N(CC)C1=O. The number of aromatic nitrogens is 1. The second-order valence-corrected chi connectivity index (χ2v) is 6.27. The molecule has 0 spiro atoms. The Morgan fingerprint density at radius 2 is 1.67 bits per heavy atom. The minimum Gasteiger partial charge on any atom is -0.366 e. The summed E-state index contributed by atoms with van der Waals surface area (Å²) in [7, 11) is 0. The molecule has 0 N–H and O–H groups in total. The van der Waals surface area contributed by atoms with Gasteiger partial charge in [0, 0.05) is 32.0 Å². The van der Waals surface area contributed by atoms with Gasteiger partial charge in [-0.2, -0.15) is 0 Å². The maximum atomic E-state index is 13.3. The third-order valence-electron chi connectivity index (χ3n) is 4.71. The number of carbonyl (C=O) groups excluding carboxylic acids is 2. The number of imide groups is 1. The summed E-state index contributed by atoms with van der Waals surface area (Å²) in [4.78, 5) is 33.0. The minimum absolute atomic E-state index is 0.293. The van der Waals surface area contributed by atoms with E-state index in [0.717, 1.165) is 12.0 Å². The van der Waals surface area contributed by atoms with E-state index in [2.05, 4.69) is 4.98 Å². The van der Waals surface area contributed by atoms with Crippen molar-refractivity contribution >= 4 is 17.4 Å². The van der Waals surface area contributed by atoms with Crippen molar-refractivity contribution < 1.29 is 14.0 Å². The summed E-state index contributed by atoms with van der Waals surface area (Å²) < 4.78 is 13.3. The predicted molar refractivity (Wildman–Crippen MR) is 101 cm³/mol. The summed E-state index contributed by atoms with van der Waals surface area (Å²) in [5.74, 6) is -1.00. The lowest BCUT2D eigenvalue weighted by molar-refractivity contribution is -0.137. The molecule has 140 valence electrons. The van der Waals surface area contributed by atoms with Gasteiger partial charge in [0.2, 0.25) is 0 Å². The minimum atomic E-state index is -0.380. The van der Waals surface area contributed by atoms with Crippen molar-refractivity contribution in [1.29, 1.82) is 0 Å². The van der Waals surface area contributed by atoms with Crippen molar-refractivity contribution in [3.05, 3.63) is 71.4 Å². The van der Waals surface area contributed by atoms with Crippen LogP contribution in [-0.2, 0) is 16.0 Å². The fourth-order valence-electron chi connectivity index (χ4n) is 3.26. The van der Waals surface area contributed by atoms with Gasteiger partial charge in [0.05, 0.1) is 5.57 Å². The first kappa shape index (κ1) is 18.8. The van der Waals surface area contributed by atoms with Gasteiger partial charge in [-0.1, -0.05) is 12.1 Å². The maximum Gasteiger partial charge on any atom is 0.277 e. The van der Waals surface area contributed by atoms with Crippen LogP contribution in [0.5, 0.6) is 0 Å². The van der Waals surface area contributed by atoms with Gasteiger partial charge in [0.1, 0.15) is 11.5 Å². The van der Waals surface area contributed by atoms with Gasteiger partial charge in [-0.25, -0.2) is 4.39 Å². The fourth-order valence-corrected chi connectivity index (χ4v) is 3.26. The Labute approximate surface area is 158 Å². The Kier molecular flexibility index (Phi) is 5.64. The standard InChI is InChI=1S/C21H22FN3O2/c1-3-24(14-11-15-9-12-23-13-10-15)19-18(16-5-7-17(22)8-6-16)20(26)25(4-2)21(19)27/h5-10,12-13H,3-4,11,14H2,1-2H3. The Hall–Kier alpha value is -3.02. The molecule has 5 nitrogen and oxygen atoms in total. The van der Waals surface area contributed by atoms with Gasteiger partial charge in [-0.3, -0.25) is 19.5 Å². The molecule has 27 heavy (non-hydrogen) atoms. The smallest absolute Gasteiger partial charge is 0.277 e. The summed E-state index contributed by atoms with van der Waals surface area (Å²) in [5.41, 5.74) is 2.41. The summed E-state index contributed by atoms with van der Waals surface area (Å²) >= 11 is 0. The zero-order chi connectivity index (χ0) is 19.4. The van der Waals surface area contributed by atoms with Crippen LogP contribution in [0, 0.1) is 5.82 Å². The van der Waals surface area contributed by atoms with E-state index in [0.29, 0.717) is 36.5 Å². The summed E-state index contributed by atoms with van der Waals surface area (Å²) in [6.45, 7) is 5.20. The fraction of sp³-hybridized carbons (Fsp3) is 0.286. The second-order valence-electron chi connectivity index (χ2n) is 6.27. The number of hydrogen-bond acceptors (Lipinski definition) is 4. The molecule has 6 heteroatoms. The molecule has 0 saturated heterocycles. The lowest BCUT2D eigenvalue weighted by atomic mass is 10.0. The van der Waals surface area contributed by atoms with Crippen molar-refractivity contribution in [2.75, 3.05) is 19.6 Å². The van der Waals surface area contributed by atoms with E-state index in [1.807, 2.05) is 24.0 Å². The van der Waals surface area contributed by atoms with E-state index in [-0.39, 0.29) is 17.6 Å². The predicted octanol–water partition coefficient (Wildman–Crippen LogP) is 2.89. The van der Waals surface area contributed by atoms with Crippen molar-refractivity contribution in [3.63, 3.8) is 0 Å². The van der Waals surface area contributed by atoms with Crippen LogP contribution in [0.15, 0.2) is 54.5 Å². The number of nitrogens with zero attached hydrogens (tertiary/aromatic N) is 3. The van der Waals surface area contributed by atoms with Crippen LogP contribution in [0.3, 0.4) is 0 Å². The van der Waals surface area contributed by atoms with Gasteiger partial charge in [-0.15, -0.1) is 0 Å². The average Bonchev–Trinajstić information content (AvgIpc) is 2.94. The number of carbonyl (C=O) groups is 2. The number of pyridine rings is 1. The normalized spacial score (nSPS) is 14.3. The lowest BCUT2D eigenvalue weighted by Crippen LogP contribution is -2.35. The molecule has 0 unspecified atom stereocenters. The van der Waals surface area contributed by atoms with Crippen LogP contribution in [0.25, 0.3) is 5.57 Å². The van der Waals surface area contributed by atoms with E-state index >= 15 is 0 Å². The van der Waals surface area contributed by atoms with Crippen LogP contribution in [0.1, 0.15) is 25.0 Å². The Bertz CT molecular complexity index is 863. The van der Waals surface area contributed by atoms with E-state index in [9.17, 15) is 14.0 Å². The van der Waals surface area contributed by atoms with E-state index in [1.54, 1.807) is 31.5 Å². The monoisotopic (exact) mass is 367 g/mol. The molecule has 1 aromatic heterocycles. The van der Waals surface area contributed by atoms with Crippen molar-refractivity contribution in [2.24, 2.45) is 0 Å². The van der Waals surface area contributed by atoms with E-state index in [1.165, 1.54) is 17.0 Å². The van der Waals surface area contributed by atoms with Crippen LogP contribution in [0.4, 0.5) is 4.39 Å². The van der Waals surface area contributed by atoms with Crippen molar-refractivity contribution in [2.45, 2.75) is 20.3 Å². The number of halogens is 1. The molecule has 0 saturated carbocycles. The quantitative estimate of drug-likeness (QED) is 0.706. The number of hydrogen-bond donors (Lipinski definition) is 0. The van der Waals surface area contributed by atoms with Gasteiger partial charge in [-0.05, 0) is 55.7 Å². The Morgan fingerprint density at radius 1 is 1.00 bits per heavy atom. The van der Waals surface area contributed by atoms with Crippen LogP contribution < -0.4 is 0 Å². The number of amides is 2. The molecule has 0 fully saturated rings. The van der Waals surface area contributed by atoms with Crippen LogP contribution in [0.2, 0.25) is 0 Å².